The molecule has 0 amide bonds. The number of thioether (sulfide) groups is 1. The van der Waals surface area contributed by atoms with Crippen molar-refractivity contribution in [2.24, 2.45) is 0 Å². The van der Waals surface area contributed by atoms with E-state index in [9.17, 15) is 4.79 Å². The van der Waals surface area contributed by atoms with Crippen LogP contribution in [0, 0.1) is 0 Å². The number of aromatic nitrogens is 3. The van der Waals surface area contributed by atoms with E-state index in [1.165, 1.54) is 43.4 Å². The van der Waals surface area contributed by atoms with Crippen molar-refractivity contribution in [3.8, 4) is 0 Å². The molecule has 1 saturated carbocycles. The van der Waals surface area contributed by atoms with Crippen LogP contribution in [-0.4, -0.2) is 25.8 Å². The van der Waals surface area contributed by atoms with Gasteiger partial charge in [0.05, 0.1) is 12.0 Å². The average Bonchev–Trinajstić information content (AvgIpc) is 3.21. The van der Waals surface area contributed by atoms with Crippen molar-refractivity contribution in [1.82, 2.24) is 14.8 Å². The molecule has 2 aromatic heterocycles. The standard InChI is InChI=1S/C17H21N3O3S/c1-2-9-20-15(12-6-4-3-5-7-12)18-19-17(20)24-11-14-13(16(21)22)8-10-23-14/h2,8,10,12H,1,3-7,9,11H2,(H,21,22). The van der Waals surface area contributed by atoms with Crippen LogP contribution in [0.5, 0.6) is 0 Å². The van der Waals surface area contributed by atoms with Crippen LogP contribution < -0.4 is 0 Å². The lowest BCUT2D eigenvalue weighted by Gasteiger charge is -2.21. The molecule has 0 aromatic carbocycles. The van der Waals surface area contributed by atoms with Crippen molar-refractivity contribution in [3.05, 3.63) is 42.1 Å². The Bertz CT molecular complexity index is 716. The van der Waals surface area contributed by atoms with Gasteiger partial charge in [0, 0.05) is 12.5 Å². The van der Waals surface area contributed by atoms with Gasteiger partial charge in [-0.1, -0.05) is 37.1 Å². The van der Waals surface area contributed by atoms with Gasteiger partial charge in [-0.25, -0.2) is 4.79 Å². The monoisotopic (exact) mass is 347 g/mol. The number of allylic oxidation sites excluding steroid dienone is 1. The molecule has 0 saturated heterocycles. The summed E-state index contributed by atoms with van der Waals surface area (Å²) in [5.41, 5.74) is 0.199. The Labute approximate surface area is 145 Å². The molecular weight excluding hydrogens is 326 g/mol. The van der Waals surface area contributed by atoms with Gasteiger partial charge in [-0.2, -0.15) is 0 Å². The first kappa shape index (κ1) is 16.8. The number of hydrogen-bond acceptors (Lipinski definition) is 5. The highest BCUT2D eigenvalue weighted by Gasteiger charge is 2.23. The highest BCUT2D eigenvalue weighted by Crippen LogP contribution is 2.34. The van der Waals surface area contributed by atoms with Gasteiger partial charge in [0.25, 0.3) is 0 Å². The van der Waals surface area contributed by atoms with E-state index >= 15 is 0 Å². The summed E-state index contributed by atoms with van der Waals surface area (Å²) < 4.78 is 7.39. The van der Waals surface area contributed by atoms with Crippen LogP contribution in [0.3, 0.4) is 0 Å². The molecule has 0 radical (unpaired) electrons. The number of carboxylic acids is 1. The van der Waals surface area contributed by atoms with Gasteiger partial charge < -0.3 is 14.1 Å². The van der Waals surface area contributed by atoms with Crippen LogP contribution >= 0.6 is 11.8 Å². The van der Waals surface area contributed by atoms with Gasteiger partial charge in [-0.15, -0.1) is 16.8 Å². The molecule has 1 aliphatic carbocycles. The number of furan rings is 1. The van der Waals surface area contributed by atoms with E-state index in [1.807, 2.05) is 6.08 Å². The Kier molecular flexibility index (Phi) is 5.40. The first-order valence-corrected chi connectivity index (χ1v) is 9.15. The van der Waals surface area contributed by atoms with Gasteiger partial charge in [0.2, 0.25) is 0 Å². The van der Waals surface area contributed by atoms with Crippen LogP contribution in [0.2, 0.25) is 0 Å². The molecule has 128 valence electrons. The molecule has 0 spiro atoms. The SMILES string of the molecule is C=CCn1c(SCc2occc2C(=O)O)nnc1C1CCCCC1. The quantitative estimate of drug-likeness (QED) is 0.600. The molecule has 2 aromatic rings. The van der Waals surface area contributed by atoms with Gasteiger partial charge in [-0.3, -0.25) is 0 Å². The molecule has 0 aliphatic heterocycles. The van der Waals surface area contributed by atoms with E-state index in [1.54, 1.807) is 0 Å². The number of hydrogen-bond donors (Lipinski definition) is 1. The van der Waals surface area contributed by atoms with E-state index in [2.05, 4.69) is 21.3 Å². The largest absolute Gasteiger partial charge is 0.478 e. The Morgan fingerprint density at radius 3 is 2.92 bits per heavy atom. The van der Waals surface area contributed by atoms with E-state index in [-0.39, 0.29) is 5.56 Å². The van der Waals surface area contributed by atoms with Crippen molar-refractivity contribution in [1.29, 1.82) is 0 Å². The summed E-state index contributed by atoms with van der Waals surface area (Å²) in [4.78, 5) is 11.2. The lowest BCUT2D eigenvalue weighted by Crippen LogP contribution is -2.12. The zero-order chi connectivity index (χ0) is 16.9. The molecule has 1 aliphatic rings. The van der Waals surface area contributed by atoms with Crippen LogP contribution in [0.25, 0.3) is 0 Å². The Balaban J connectivity index is 1.77. The van der Waals surface area contributed by atoms with Crippen molar-refractivity contribution in [2.75, 3.05) is 0 Å². The summed E-state index contributed by atoms with van der Waals surface area (Å²) in [7, 11) is 0. The smallest absolute Gasteiger partial charge is 0.339 e. The molecular formula is C17H21N3O3S. The second-order valence-electron chi connectivity index (χ2n) is 5.93. The van der Waals surface area contributed by atoms with E-state index in [0.29, 0.717) is 24.0 Å². The molecule has 2 heterocycles. The Hall–Kier alpha value is -2.02. The summed E-state index contributed by atoms with van der Waals surface area (Å²) in [6.45, 7) is 4.49. The Morgan fingerprint density at radius 2 is 2.21 bits per heavy atom. The maximum atomic E-state index is 11.2. The van der Waals surface area contributed by atoms with Crippen molar-refractivity contribution in [2.45, 2.75) is 55.5 Å². The summed E-state index contributed by atoms with van der Waals surface area (Å²) in [6.07, 6.45) is 9.33. The fourth-order valence-corrected chi connectivity index (χ4v) is 4.05. The van der Waals surface area contributed by atoms with Crippen LogP contribution in [0.1, 0.15) is 60.0 Å². The summed E-state index contributed by atoms with van der Waals surface area (Å²) in [6, 6.07) is 1.47. The molecule has 0 bridgehead atoms. The third-order valence-corrected chi connectivity index (χ3v) is 5.30. The van der Waals surface area contributed by atoms with Gasteiger partial charge in [0.1, 0.15) is 17.1 Å². The van der Waals surface area contributed by atoms with E-state index in [4.69, 9.17) is 9.52 Å². The van der Waals surface area contributed by atoms with Crippen LogP contribution in [0.15, 0.2) is 34.6 Å². The predicted molar refractivity (Wildman–Crippen MR) is 91.3 cm³/mol. The molecule has 0 unspecified atom stereocenters. The molecule has 1 N–H and O–H groups in total. The minimum Gasteiger partial charge on any atom is -0.478 e. The second kappa shape index (κ2) is 7.70. The molecule has 7 heteroatoms. The normalized spacial score (nSPS) is 15.5. The van der Waals surface area contributed by atoms with Crippen LogP contribution in [0.4, 0.5) is 0 Å². The van der Waals surface area contributed by atoms with Gasteiger partial charge in [0.15, 0.2) is 5.16 Å². The summed E-state index contributed by atoms with van der Waals surface area (Å²) >= 11 is 1.45. The molecule has 1 fully saturated rings. The molecule has 24 heavy (non-hydrogen) atoms. The van der Waals surface area contributed by atoms with Crippen molar-refractivity contribution >= 4 is 17.7 Å². The third-order valence-electron chi connectivity index (χ3n) is 4.34. The first-order valence-electron chi connectivity index (χ1n) is 8.17. The first-order chi connectivity index (χ1) is 11.7. The van der Waals surface area contributed by atoms with Crippen molar-refractivity contribution in [3.63, 3.8) is 0 Å². The molecule has 3 rings (SSSR count). The van der Waals surface area contributed by atoms with Crippen molar-refractivity contribution < 1.29 is 14.3 Å². The zero-order valence-corrected chi connectivity index (χ0v) is 14.3. The van der Waals surface area contributed by atoms with E-state index < -0.39 is 5.97 Å². The minimum absolute atomic E-state index is 0.199. The number of aromatic carboxylic acids is 1. The molecule has 6 nitrogen and oxygen atoms in total. The van der Waals surface area contributed by atoms with E-state index in [0.717, 1.165) is 23.8 Å². The highest BCUT2D eigenvalue weighted by molar-refractivity contribution is 7.98. The number of carbonyl (C=O) groups is 1. The lowest BCUT2D eigenvalue weighted by molar-refractivity contribution is 0.0695. The summed E-state index contributed by atoms with van der Waals surface area (Å²) in [5, 5.41) is 18.7. The highest BCUT2D eigenvalue weighted by atomic mass is 32.2. The topological polar surface area (TPSA) is 81.2 Å². The van der Waals surface area contributed by atoms with Gasteiger partial charge >= 0.3 is 5.97 Å². The lowest BCUT2D eigenvalue weighted by atomic mass is 9.89. The van der Waals surface area contributed by atoms with Gasteiger partial charge in [-0.05, 0) is 18.9 Å². The average molecular weight is 347 g/mol. The third kappa shape index (κ3) is 3.56. The second-order valence-corrected chi connectivity index (χ2v) is 6.87. The zero-order valence-electron chi connectivity index (χ0n) is 13.5. The number of nitrogens with zero attached hydrogens (tertiary/aromatic N) is 3. The fourth-order valence-electron chi connectivity index (χ4n) is 3.14. The Morgan fingerprint density at radius 1 is 1.42 bits per heavy atom. The maximum absolute atomic E-state index is 11.2. The fraction of sp³-hybridized carbons (Fsp3) is 0.471. The number of carboxylic acid groups (broad SMARTS) is 1. The minimum atomic E-state index is -0.977. The van der Waals surface area contributed by atoms with Crippen LogP contribution in [-0.2, 0) is 12.3 Å². The maximum Gasteiger partial charge on any atom is 0.339 e. The summed E-state index contributed by atoms with van der Waals surface area (Å²) in [5.74, 6) is 1.36. The molecule has 0 atom stereocenters. The predicted octanol–water partition coefficient (Wildman–Crippen LogP) is 4.10. The number of rotatable bonds is 7.